The normalized spacial score (nSPS) is 46.8. The Hall–Kier alpha value is -0.200. The van der Waals surface area contributed by atoms with Crippen molar-refractivity contribution >= 4 is 0 Å². The third-order valence-electron chi connectivity index (χ3n) is 2.63. The van der Waals surface area contributed by atoms with Crippen molar-refractivity contribution in [1.29, 1.82) is 0 Å². The third-order valence-corrected chi connectivity index (χ3v) is 2.63. The Kier molecular flexibility index (Phi) is 3.26. The molecule has 78 valence electrons. The fraction of sp³-hybridized carbons (Fsp3) is 1.00. The summed E-state index contributed by atoms with van der Waals surface area (Å²) in [5.41, 5.74) is 0. The lowest BCUT2D eigenvalue weighted by atomic mass is 9.88. The van der Waals surface area contributed by atoms with Gasteiger partial charge in [-0.2, -0.15) is 0 Å². The molecule has 0 amide bonds. The van der Waals surface area contributed by atoms with E-state index in [4.69, 9.17) is 14.9 Å². The van der Waals surface area contributed by atoms with E-state index < -0.39 is 24.6 Å². The van der Waals surface area contributed by atoms with E-state index in [9.17, 15) is 10.2 Å². The van der Waals surface area contributed by atoms with Crippen LogP contribution in [0.5, 0.6) is 0 Å². The van der Waals surface area contributed by atoms with Crippen LogP contribution in [0.25, 0.3) is 0 Å². The summed E-state index contributed by atoms with van der Waals surface area (Å²) in [4.78, 5) is 0. The fourth-order valence-corrected chi connectivity index (χ4v) is 1.48. The van der Waals surface area contributed by atoms with Crippen molar-refractivity contribution in [2.75, 3.05) is 0 Å². The molecule has 1 rings (SSSR count). The Morgan fingerprint density at radius 1 is 1.08 bits per heavy atom. The Bertz CT molecular complexity index is 172. The lowest BCUT2D eigenvalue weighted by Gasteiger charge is -2.40. The van der Waals surface area contributed by atoms with Crippen molar-refractivity contribution in [3.05, 3.63) is 0 Å². The molecule has 0 saturated carbocycles. The first-order chi connectivity index (χ1) is 5.95. The monoisotopic (exact) mass is 192 g/mol. The minimum absolute atomic E-state index is 0.218. The molecule has 0 aromatic carbocycles. The van der Waals surface area contributed by atoms with E-state index in [0.717, 1.165) is 0 Å². The van der Waals surface area contributed by atoms with Crippen LogP contribution in [0.3, 0.4) is 0 Å². The topological polar surface area (TPSA) is 90.2 Å². The summed E-state index contributed by atoms with van der Waals surface area (Å²) in [5, 5.41) is 36.5. The average Bonchev–Trinajstić information content (AvgIpc) is 2.07. The SMILES string of the molecule is CC1OC(C(O)O)C(O)C(O)C1C. The molecular weight excluding hydrogens is 176 g/mol. The van der Waals surface area contributed by atoms with Crippen molar-refractivity contribution in [2.45, 2.75) is 44.6 Å². The molecular formula is C8H16O5. The maximum absolute atomic E-state index is 9.48. The van der Waals surface area contributed by atoms with Crippen LogP contribution in [0.4, 0.5) is 0 Å². The van der Waals surface area contributed by atoms with Gasteiger partial charge >= 0.3 is 0 Å². The molecule has 1 heterocycles. The molecule has 13 heavy (non-hydrogen) atoms. The number of ether oxygens (including phenoxy) is 1. The molecule has 5 nitrogen and oxygen atoms in total. The summed E-state index contributed by atoms with van der Waals surface area (Å²) in [7, 11) is 0. The minimum Gasteiger partial charge on any atom is -0.390 e. The van der Waals surface area contributed by atoms with Crippen molar-refractivity contribution in [3.8, 4) is 0 Å². The van der Waals surface area contributed by atoms with E-state index in [1.165, 1.54) is 0 Å². The van der Waals surface area contributed by atoms with Crippen LogP contribution in [0, 0.1) is 5.92 Å². The van der Waals surface area contributed by atoms with Gasteiger partial charge in [-0.15, -0.1) is 0 Å². The highest BCUT2D eigenvalue weighted by Gasteiger charge is 2.42. The minimum atomic E-state index is -1.76. The molecule has 1 aliphatic rings. The molecule has 5 atom stereocenters. The molecule has 0 bridgehead atoms. The lowest BCUT2D eigenvalue weighted by Crippen LogP contribution is -2.56. The zero-order valence-corrected chi connectivity index (χ0v) is 7.66. The van der Waals surface area contributed by atoms with Gasteiger partial charge in [-0.25, -0.2) is 0 Å². The van der Waals surface area contributed by atoms with Crippen LogP contribution in [0.2, 0.25) is 0 Å². The molecule has 0 radical (unpaired) electrons. The molecule has 0 aromatic heterocycles. The van der Waals surface area contributed by atoms with E-state index in [2.05, 4.69) is 0 Å². The molecule has 0 spiro atoms. The van der Waals surface area contributed by atoms with Gasteiger partial charge in [-0.1, -0.05) is 6.92 Å². The van der Waals surface area contributed by atoms with Crippen LogP contribution in [0.1, 0.15) is 13.8 Å². The largest absolute Gasteiger partial charge is 0.390 e. The van der Waals surface area contributed by atoms with Gasteiger partial charge in [0.2, 0.25) is 0 Å². The van der Waals surface area contributed by atoms with Gasteiger partial charge < -0.3 is 25.2 Å². The van der Waals surface area contributed by atoms with Crippen LogP contribution < -0.4 is 0 Å². The molecule has 5 unspecified atom stereocenters. The van der Waals surface area contributed by atoms with E-state index in [1.54, 1.807) is 13.8 Å². The second-order valence-electron chi connectivity index (χ2n) is 3.56. The van der Waals surface area contributed by atoms with E-state index in [1.807, 2.05) is 0 Å². The molecule has 1 saturated heterocycles. The van der Waals surface area contributed by atoms with Gasteiger partial charge in [0.05, 0.1) is 12.2 Å². The lowest BCUT2D eigenvalue weighted by molar-refractivity contribution is -0.255. The van der Waals surface area contributed by atoms with Crippen LogP contribution >= 0.6 is 0 Å². The van der Waals surface area contributed by atoms with Crippen LogP contribution in [0.15, 0.2) is 0 Å². The molecule has 1 aliphatic heterocycles. The summed E-state index contributed by atoms with van der Waals surface area (Å²) in [6.07, 6.45) is -5.41. The first kappa shape index (κ1) is 10.9. The average molecular weight is 192 g/mol. The second kappa shape index (κ2) is 3.89. The van der Waals surface area contributed by atoms with Crippen molar-refractivity contribution in [1.82, 2.24) is 0 Å². The molecule has 1 fully saturated rings. The maximum Gasteiger partial charge on any atom is 0.181 e. The Labute approximate surface area is 76.6 Å². The van der Waals surface area contributed by atoms with Gasteiger partial charge in [0, 0.05) is 5.92 Å². The van der Waals surface area contributed by atoms with Gasteiger partial charge in [-0.05, 0) is 6.92 Å². The summed E-state index contributed by atoms with van der Waals surface area (Å²) in [6, 6.07) is 0. The highest BCUT2D eigenvalue weighted by Crippen LogP contribution is 2.26. The summed E-state index contributed by atoms with van der Waals surface area (Å²) < 4.78 is 5.13. The maximum atomic E-state index is 9.48. The van der Waals surface area contributed by atoms with Crippen LogP contribution in [-0.4, -0.2) is 51.1 Å². The summed E-state index contributed by atoms with van der Waals surface area (Å²) in [5.74, 6) is -0.218. The van der Waals surface area contributed by atoms with Crippen molar-refractivity contribution < 1.29 is 25.2 Å². The van der Waals surface area contributed by atoms with Crippen LogP contribution in [-0.2, 0) is 4.74 Å². The highest BCUT2D eigenvalue weighted by atomic mass is 16.6. The second-order valence-corrected chi connectivity index (χ2v) is 3.56. The first-order valence-corrected chi connectivity index (χ1v) is 4.33. The van der Waals surface area contributed by atoms with Gasteiger partial charge in [0.25, 0.3) is 0 Å². The van der Waals surface area contributed by atoms with Gasteiger partial charge in [0.1, 0.15) is 12.2 Å². The number of hydrogen-bond acceptors (Lipinski definition) is 5. The van der Waals surface area contributed by atoms with E-state index >= 15 is 0 Å². The molecule has 0 aromatic rings. The molecule has 4 N–H and O–H groups in total. The Balaban J connectivity index is 2.70. The van der Waals surface area contributed by atoms with Crippen molar-refractivity contribution in [2.24, 2.45) is 5.92 Å². The summed E-state index contributed by atoms with van der Waals surface area (Å²) >= 11 is 0. The van der Waals surface area contributed by atoms with E-state index in [0.29, 0.717) is 0 Å². The Morgan fingerprint density at radius 3 is 2.08 bits per heavy atom. The number of aliphatic hydroxyl groups excluding tert-OH is 3. The Morgan fingerprint density at radius 2 is 1.62 bits per heavy atom. The predicted octanol–water partition coefficient (Wildman–Crippen LogP) is -1.56. The molecule has 5 heteroatoms. The number of aliphatic hydroxyl groups is 4. The number of hydrogen-bond donors (Lipinski definition) is 4. The van der Waals surface area contributed by atoms with E-state index in [-0.39, 0.29) is 12.0 Å². The standard InChI is InChI=1S/C8H16O5/c1-3-4(2)13-7(8(11)12)6(10)5(3)9/h3-12H,1-2H3. The highest BCUT2D eigenvalue weighted by molar-refractivity contribution is 4.89. The predicted molar refractivity (Wildman–Crippen MR) is 43.7 cm³/mol. The quantitative estimate of drug-likeness (QED) is 0.377. The zero-order chi connectivity index (χ0) is 10.2. The smallest absolute Gasteiger partial charge is 0.181 e. The number of rotatable bonds is 1. The fourth-order valence-electron chi connectivity index (χ4n) is 1.48. The van der Waals surface area contributed by atoms with Gasteiger partial charge in [0.15, 0.2) is 6.29 Å². The first-order valence-electron chi connectivity index (χ1n) is 4.33. The summed E-state index contributed by atoms with van der Waals surface area (Å²) in [6.45, 7) is 3.45. The van der Waals surface area contributed by atoms with Gasteiger partial charge in [-0.3, -0.25) is 0 Å². The van der Waals surface area contributed by atoms with Crippen molar-refractivity contribution in [3.63, 3.8) is 0 Å². The third kappa shape index (κ3) is 2.00. The molecule has 0 aliphatic carbocycles. The zero-order valence-electron chi connectivity index (χ0n) is 7.66.